The van der Waals surface area contributed by atoms with Crippen LogP contribution in [0.1, 0.15) is 87.1 Å². The highest BCUT2D eigenvalue weighted by atomic mass is 19.1. The number of carbonyl (C=O) groups excluding carboxylic acids is 1. The van der Waals surface area contributed by atoms with E-state index in [0.29, 0.717) is 17.2 Å². The number of ether oxygens (including phenoxy) is 1. The molecule has 2 aliphatic carbocycles. The predicted molar refractivity (Wildman–Crippen MR) is 146 cm³/mol. The van der Waals surface area contributed by atoms with Gasteiger partial charge in [-0.15, -0.1) is 0 Å². The third kappa shape index (κ3) is 6.03. The maximum atomic E-state index is 13.9. The molecule has 6 nitrogen and oxygen atoms in total. The zero-order valence-electron chi connectivity index (χ0n) is 22.5. The first-order valence-corrected chi connectivity index (χ1v) is 13.9. The number of hydrogen-bond donors (Lipinski definition) is 0. The maximum absolute atomic E-state index is 13.9. The predicted octanol–water partition coefficient (Wildman–Crippen LogP) is 7.08. The molecular weight excluding hydrogens is 479 g/mol. The fraction of sp³-hybridized carbons (Fsp3) is 0.484. The van der Waals surface area contributed by atoms with Gasteiger partial charge < -0.3 is 4.74 Å². The highest BCUT2D eigenvalue weighted by Gasteiger charge is 2.26. The number of aromatic nitrogens is 4. The van der Waals surface area contributed by atoms with Crippen molar-refractivity contribution in [2.75, 3.05) is 7.11 Å². The summed E-state index contributed by atoms with van der Waals surface area (Å²) in [5, 5.41) is 13.3. The van der Waals surface area contributed by atoms with Crippen LogP contribution >= 0.6 is 0 Å². The van der Waals surface area contributed by atoms with E-state index in [-0.39, 0.29) is 24.1 Å². The van der Waals surface area contributed by atoms with Crippen LogP contribution < -0.4 is 4.74 Å². The highest BCUT2D eigenvalue weighted by molar-refractivity contribution is 5.81. The lowest BCUT2D eigenvalue weighted by Crippen LogP contribution is -2.24. The number of nitrogens with zero attached hydrogens (tertiary/aromatic N) is 4. The van der Waals surface area contributed by atoms with Crippen molar-refractivity contribution in [2.45, 2.75) is 83.6 Å². The first-order chi connectivity index (χ1) is 18.5. The molecule has 1 fully saturated rings. The molecule has 2 aromatic heterocycles. The summed E-state index contributed by atoms with van der Waals surface area (Å²) < 4.78 is 21.2. The lowest BCUT2D eigenvalue weighted by molar-refractivity contribution is -0.124. The Balaban J connectivity index is 1.35. The molecule has 200 valence electrons. The number of carbonyl (C=O) groups is 1. The molecule has 0 amide bonds. The topological polar surface area (TPSA) is 69.9 Å². The molecule has 0 spiro atoms. The van der Waals surface area contributed by atoms with Gasteiger partial charge >= 0.3 is 0 Å². The molecule has 1 atom stereocenters. The summed E-state index contributed by atoms with van der Waals surface area (Å²) in [7, 11) is 1.63. The molecule has 7 heteroatoms. The summed E-state index contributed by atoms with van der Waals surface area (Å²) >= 11 is 0. The average molecular weight is 517 g/mol. The number of rotatable bonds is 7. The van der Waals surface area contributed by atoms with Crippen molar-refractivity contribution in [3.05, 3.63) is 65.4 Å². The third-order valence-corrected chi connectivity index (χ3v) is 8.15. The average Bonchev–Trinajstić information content (AvgIpc) is 3.34. The van der Waals surface area contributed by atoms with E-state index in [0.717, 1.165) is 73.2 Å². The first kappa shape index (κ1) is 26.3. The number of hydrogen-bond acceptors (Lipinski definition) is 5. The van der Waals surface area contributed by atoms with E-state index in [2.05, 4.69) is 22.3 Å². The van der Waals surface area contributed by atoms with Gasteiger partial charge in [-0.2, -0.15) is 15.3 Å². The molecule has 1 unspecified atom stereocenters. The quantitative estimate of drug-likeness (QED) is 0.336. The summed E-state index contributed by atoms with van der Waals surface area (Å²) in [5.74, 6) is 1.11. The van der Waals surface area contributed by atoms with Crippen LogP contribution in [0.3, 0.4) is 0 Å². The van der Waals surface area contributed by atoms with Crippen LogP contribution in [0.15, 0.2) is 42.6 Å². The monoisotopic (exact) mass is 516 g/mol. The lowest BCUT2D eigenvalue weighted by atomic mass is 9.86. The molecule has 0 N–H and O–H groups in total. The SMILES string of the molecule is COc1cnnc(C2=CCCCC(C(=O)Cn3nc(-c4ccc(F)c(C)c4)cc3C3CCCCC3)CC2)c1. The van der Waals surface area contributed by atoms with E-state index >= 15 is 0 Å². The number of halogens is 1. The van der Waals surface area contributed by atoms with E-state index in [9.17, 15) is 9.18 Å². The van der Waals surface area contributed by atoms with Crippen LogP contribution in [0.2, 0.25) is 0 Å². The Kier molecular flexibility index (Phi) is 8.30. The van der Waals surface area contributed by atoms with Gasteiger partial charge in [0.1, 0.15) is 18.1 Å². The van der Waals surface area contributed by atoms with Crippen LogP contribution in [0.4, 0.5) is 4.39 Å². The Bertz CT molecular complexity index is 1310. The van der Waals surface area contributed by atoms with Gasteiger partial charge in [-0.05, 0) is 87.3 Å². The second-order valence-electron chi connectivity index (χ2n) is 10.8. The normalized spacial score (nSPS) is 18.9. The molecule has 2 aliphatic rings. The summed E-state index contributed by atoms with van der Waals surface area (Å²) in [6, 6.07) is 9.18. The Labute approximate surface area is 224 Å². The van der Waals surface area contributed by atoms with Crippen molar-refractivity contribution < 1.29 is 13.9 Å². The molecule has 1 saturated carbocycles. The van der Waals surface area contributed by atoms with Crippen molar-refractivity contribution in [3.63, 3.8) is 0 Å². The van der Waals surface area contributed by atoms with Gasteiger partial charge in [-0.25, -0.2) is 4.39 Å². The molecule has 2 heterocycles. The molecule has 1 aromatic carbocycles. The summed E-state index contributed by atoms with van der Waals surface area (Å²) in [6.45, 7) is 2.06. The number of Topliss-reactive ketones (excluding diaryl/α,β-unsaturated/α-hetero) is 1. The second kappa shape index (κ2) is 12.0. The molecule has 0 radical (unpaired) electrons. The second-order valence-corrected chi connectivity index (χ2v) is 10.8. The smallest absolute Gasteiger partial charge is 0.157 e. The number of benzene rings is 1. The fourth-order valence-electron chi connectivity index (χ4n) is 5.90. The minimum atomic E-state index is -0.214. The minimum absolute atomic E-state index is 0.0165. The van der Waals surface area contributed by atoms with Crippen LogP contribution in [-0.4, -0.2) is 32.9 Å². The molecule has 0 aliphatic heterocycles. The van der Waals surface area contributed by atoms with Crippen molar-refractivity contribution in [3.8, 4) is 17.0 Å². The van der Waals surface area contributed by atoms with E-state index in [4.69, 9.17) is 9.84 Å². The number of aryl methyl sites for hydroxylation is 1. The largest absolute Gasteiger partial charge is 0.495 e. The standard InChI is InChI=1S/C31H37FN4O2/c1-21-16-25(14-15-27(21)32)29-18-30(23-9-4-3-5-10-23)36(35-29)20-31(37)24-11-7-6-8-22(12-13-24)28-17-26(38-2)19-33-34-28/h8,14-19,23-24H,3-7,9-13,20H2,1-2H3. The summed E-state index contributed by atoms with van der Waals surface area (Å²) in [6.07, 6.45) is 14.1. The summed E-state index contributed by atoms with van der Waals surface area (Å²) in [5.41, 5.74) is 5.42. The van der Waals surface area contributed by atoms with Crippen molar-refractivity contribution in [1.82, 2.24) is 20.0 Å². The number of ketones is 1. The van der Waals surface area contributed by atoms with Crippen molar-refractivity contribution in [1.29, 1.82) is 0 Å². The van der Waals surface area contributed by atoms with Crippen LogP contribution in [0, 0.1) is 18.7 Å². The third-order valence-electron chi connectivity index (χ3n) is 8.15. The summed E-state index contributed by atoms with van der Waals surface area (Å²) in [4.78, 5) is 13.7. The Morgan fingerprint density at radius 2 is 1.89 bits per heavy atom. The molecule has 0 saturated heterocycles. The molecule has 38 heavy (non-hydrogen) atoms. The molecule has 3 aromatic rings. The maximum Gasteiger partial charge on any atom is 0.157 e. The zero-order valence-corrected chi connectivity index (χ0v) is 22.5. The van der Waals surface area contributed by atoms with Crippen molar-refractivity contribution in [2.24, 2.45) is 5.92 Å². The van der Waals surface area contributed by atoms with E-state index in [1.54, 1.807) is 26.3 Å². The highest BCUT2D eigenvalue weighted by Crippen LogP contribution is 2.36. The first-order valence-electron chi connectivity index (χ1n) is 13.9. The molecule has 0 bridgehead atoms. The Hall–Kier alpha value is -3.35. The van der Waals surface area contributed by atoms with E-state index < -0.39 is 0 Å². The zero-order chi connectivity index (χ0) is 26.5. The van der Waals surface area contributed by atoms with E-state index in [1.807, 2.05) is 16.8 Å². The van der Waals surface area contributed by atoms with Crippen LogP contribution in [-0.2, 0) is 11.3 Å². The van der Waals surface area contributed by atoms with Gasteiger partial charge in [0.25, 0.3) is 0 Å². The van der Waals surface area contributed by atoms with Crippen LogP contribution in [0.25, 0.3) is 16.8 Å². The van der Waals surface area contributed by atoms with Gasteiger partial charge in [0.15, 0.2) is 5.78 Å². The molecular formula is C31H37FN4O2. The van der Waals surface area contributed by atoms with Gasteiger partial charge in [0.05, 0.1) is 24.7 Å². The van der Waals surface area contributed by atoms with Gasteiger partial charge in [-0.3, -0.25) is 9.48 Å². The van der Waals surface area contributed by atoms with E-state index in [1.165, 1.54) is 25.3 Å². The minimum Gasteiger partial charge on any atom is -0.495 e. The van der Waals surface area contributed by atoms with Crippen LogP contribution in [0.5, 0.6) is 5.75 Å². The van der Waals surface area contributed by atoms with Gasteiger partial charge in [0, 0.05) is 29.2 Å². The number of methoxy groups -OCH3 is 1. The Morgan fingerprint density at radius 1 is 1.05 bits per heavy atom. The van der Waals surface area contributed by atoms with Gasteiger partial charge in [0.2, 0.25) is 0 Å². The van der Waals surface area contributed by atoms with Gasteiger partial charge in [-0.1, -0.05) is 25.3 Å². The molecule has 5 rings (SSSR count). The van der Waals surface area contributed by atoms with Crippen molar-refractivity contribution >= 4 is 11.4 Å². The fourth-order valence-corrected chi connectivity index (χ4v) is 5.90. The lowest BCUT2D eigenvalue weighted by Gasteiger charge is -2.23. The number of allylic oxidation sites excluding steroid dienone is 2. The Morgan fingerprint density at radius 3 is 2.68 bits per heavy atom.